The number of aromatic amines is 1. The SMILES string of the molecule is Cc1c2cc(NC3CCCNC3)cnc2[nH][n+]1C. The maximum atomic E-state index is 4.47. The monoisotopic (exact) mass is 246 g/mol. The number of nitrogens with one attached hydrogen (secondary N) is 3. The minimum Gasteiger partial charge on any atom is -0.380 e. The maximum absolute atomic E-state index is 4.47. The smallest absolute Gasteiger partial charge is 0.213 e. The summed E-state index contributed by atoms with van der Waals surface area (Å²) in [5.74, 6) is 0. The third-order valence-electron chi connectivity index (χ3n) is 3.72. The van der Waals surface area contributed by atoms with Crippen LogP contribution in [0.25, 0.3) is 11.0 Å². The fourth-order valence-corrected chi connectivity index (χ4v) is 2.54. The van der Waals surface area contributed by atoms with Gasteiger partial charge < -0.3 is 10.6 Å². The molecule has 2 aromatic heterocycles. The van der Waals surface area contributed by atoms with Gasteiger partial charge in [-0.3, -0.25) is 0 Å². The Morgan fingerprint density at radius 2 is 2.39 bits per heavy atom. The molecular formula is C13H20N5+. The first-order chi connectivity index (χ1) is 8.74. The van der Waals surface area contributed by atoms with E-state index in [1.807, 2.05) is 17.9 Å². The average Bonchev–Trinajstić information content (AvgIpc) is 2.67. The molecule has 0 radical (unpaired) electrons. The van der Waals surface area contributed by atoms with Gasteiger partial charge in [0.15, 0.2) is 12.7 Å². The van der Waals surface area contributed by atoms with Crippen LogP contribution in [0, 0.1) is 6.92 Å². The first-order valence-electron chi connectivity index (χ1n) is 6.55. The molecule has 1 unspecified atom stereocenters. The van der Waals surface area contributed by atoms with Gasteiger partial charge in [-0.25, -0.2) is 4.98 Å². The number of aryl methyl sites for hydroxylation is 2. The summed E-state index contributed by atoms with van der Waals surface area (Å²) in [5, 5.41) is 11.4. The molecule has 18 heavy (non-hydrogen) atoms. The van der Waals surface area contributed by atoms with Gasteiger partial charge in [0.1, 0.15) is 0 Å². The van der Waals surface area contributed by atoms with Crippen molar-refractivity contribution in [2.24, 2.45) is 7.05 Å². The molecule has 1 atom stereocenters. The van der Waals surface area contributed by atoms with Gasteiger partial charge in [-0.1, -0.05) is 0 Å². The standard InChI is InChI=1S/C13H19N5/c1-9-12-6-11(8-15-13(12)17-18(9)2)16-10-4-3-5-14-7-10/h6,8,10,14,16H,3-5,7H2,1-2H3/p+1. The number of hydrogen-bond donors (Lipinski definition) is 3. The zero-order chi connectivity index (χ0) is 12.5. The van der Waals surface area contributed by atoms with Crippen LogP contribution in [0.15, 0.2) is 12.3 Å². The van der Waals surface area contributed by atoms with Crippen molar-refractivity contribution < 1.29 is 4.68 Å². The van der Waals surface area contributed by atoms with Crippen LogP contribution >= 0.6 is 0 Å². The van der Waals surface area contributed by atoms with E-state index in [1.165, 1.54) is 23.9 Å². The fraction of sp³-hybridized carbons (Fsp3) is 0.538. The zero-order valence-electron chi connectivity index (χ0n) is 11.0. The summed E-state index contributed by atoms with van der Waals surface area (Å²) in [6.07, 6.45) is 4.38. The minimum absolute atomic E-state index is 0.519. The van der Waals surface area contributed by atoms with Crippen LogP contribution in [0.1, 0.15) is 18.5 Å². The van der Waals surface area contributed by atoms with Gasteiger partial charge in [0, 0.05) is 19.5 Å². The van der Waals surface area contributed by atoms with Gasteiger partial charge in [0.25, 0.3) is 0 Å². The molecule has 1 saturated heterocycles. The number of rotatable bonds is 2. The van der Waals surface area contributed by atoms with E-state index in [4.69, 9.17) is 0 Å². The van der Waals surface area contributed by atoms with Crippen molar-refractivity contribution in [2.45, 2.75) is 25.8 Å². The molecule has 3 heterocycles. The van der Waals surface area contributed by atoms with Crippen molar-refractivity contribution in [1.29, 1.82) is 0 Å². The molecule has 1 aliphatic rings. The number of pyridine rings is 1. The molecule has 2 aromatic rings. The van der Waals surface area contributed by atoms with Crippen LogP contribution in [0.3, 0.4) is 0 Å². The summed E-state index contributed by atoms with van der Waals surface area (Å²) in [5.41, 5.74) is 3.27. The third-order valence-corrected chi connectivity index (χ3v) is 3.72. The number of hydrogen-bond acceptors (Lipinski definition) is 3. The molecule has 0 aliphatic carbocycles. The quantitative estimate of drug-likeness (QED) is 0.689. The van der Waals surface area contributed by atoms with E-state index in [2.05, 4.69) is 33.7 Å². The summed E-state index contributed by atoms with van der Waals surface area (Å²) in [6.45, 7) is 4.28. The average molecular weight is 246 g/mol. The molecule has 0 amide bonds. The van der Waals surface area contributed by atoms with Crippen LogP contribution in [-0.2, 0) is 7.05 Å². The molecule has 1 fully saturated rings. The molecule has 3 N–H and O–H groups in total. The highest BCUT2D eigenvalue weighted by Gasteiger charge is 2.15. The number of fused-ring (bicyclic) bond motifs is 1. The Kier molecular flexibility index (Phi) is 2.91. The Balaban J connectivity index is 1.85. The van der Waals surface area contributed by atoms with E-state index >= 15 is 0 Å². The first-order valence-corrected chi connectivity index (χ1v) is 6.55. The number of anilines is 1. The number of H-pyrrole nitrogens is 1. The Morgan fingerprint density at radius 3 is 3.17 bits per heavy atom. The minimum atomic E-state index is 0.519. The third kappa shape index (κ3) is 2.06. The van der Waals surface area contributed by atoms with Crippen LogP contribution in [0.2, 0.25) is 0 Å². The van der Waals surface area contributed by atoms with E-state index in [9.17, 15) is 0 Å². The second-order valence-electron chi connectivity index (χ2n) is 5.06. The lowest BCUT2D eigenvalue weighted by atomic mass is 10.1. The van der Waals surface area contributed by atoms with E-state index in [0.717, 1.165) is 24.4 Å². The van der Waals surface area contributed by atoms with Crippen molar-refractivity contribution in [1.82, 2.24) is 15.4 Å². The second-order valence-corrected chi connectivity index (χ2v) is 5.06. The molecule has 0 saturated carbocycles. The largest absolute Gasteiger partial charge is 0.380 e. The molecule has 0 bridgehead atoms. The van der Waals surface area contributed by atoms with Crippen LogP contribution in [-0.4, -0.2) is 29.2 Å². The van der Waals surface area contributed by atoms with E-state index in [1.54, 1.807) is 0 Å². The molecule has 0 spiro atoms. The van der Waals surface area contributed by atoms with Crippen molar-refractivity contribution in [3.8, 4) is 0 Å². The lowest BCUT2D eigenvalue weighted by molar-refractivity contribution is -0.730. The molecule has 5 heteroatoms. The lowest BCUT2D eigenvalue weighted by Gasteiger charge is -2.24. The molecule has 3 rings (SSSR count). The first kappa shape index (κ1) is 11.5. The van der Waals surface area contributed by atoms with Gasteiger partial charge in [-0.2, -0.15) is 0 Å². The van der Waals surface area contributed by atoms with Gasteiger partial charge >= 0.3 is 0 Å². The number of nitrogens with zero attached hydrogens (tertiary/aromatic N) is 2. The fourth-order valence-electron chi connectivity index (χ4n) is 2.54. The Bertz CT molecular complexity index is 554. The van der Waals surface area contributed by atoms with Gasteiger partial charge in [-0.05, 0) is 25.5 Å². The van der Waals surface area contributed by atoms with Crippen LogP contribution in [0.4, 0.5) is 5.69 Å². The van der Waals surface area contributed by atoms with Crippen molar-refractivity contribution in [3.63, 3.8) is 0 Å². The normalized spacial score (nSPS) is 20.2. The van der Waals surface area contributed by atoms with Gasteiger partial charge in [-0.15, -0.1) is 9.78 Å². The van der Waals surface area contributed by atoms with Crippen LogP contribution < -0.4 is 15.3 Å². The topological polar surface area (TPSA) is 56.6 Å². The summed E-state index contributed by atoms with van der Waals surface area (Å²) < 4.78 is 2.00. The number of aromatic nitrogens is 3. The highest BCUT2D eigenvalue weighted by atomic mass is 15.3. The van der Waals surface area contributed by atoms with Crippen molar-refractivity contribution in [2.75, 3.05) is 18.4 Å². The predicted molar refractivity (Wildman–Crippen MR) is 71.5 cm³/mol. The van der Waals surface area contributed by atoms with Crippen molar-refractivity contribution in [3.05, 3.63) is 18.0 Å². The molecule has 0 aromatic carbocycles. The van der Waals surface area contributed by atoms with E-state index in [-0.39, 0.29) is 0 Å². The number of piperidine rings is 1. The Labute approximate surface area is 107 Å². The molecular weight excluding hydrogens is 226 g/mol. The van der Waals surface area contributed by atoms with Gasteiger partial charge in [0.05, 0.1) is 17.3 Å². The van der Waals surface area contributed by atoms with E-state index in [0.29, 0.717) is 6.04 Å². The summed E-state index contributed by atoms with van der Waals surface area (Å²) >= 11 is 0. The lowest BCUT2D eigenvalue weighted by Crippen LogP contribution is -2.38. The van der Waals surface area contributed by atoms with Crippen LogP contribution in [0.5, 0.6) is 0 Å². The van der Waals surface area contributed by atoms with Gasteiger partial charge in [0.2, 0.25) is 5.69 Å². The van der Waals surface area contributed by atoms with Crippen molar-refractivity contribution >= 4 is 16.7 Å². The highest BCUT2D eigenvalue weighted by Crippen LogP contribution is 2.18. The maximum Gasteiger partial charge on any atom is 0.213 e. The predicted octanol–water partition coefficient (Wildman–Crippen LogP) is 0.860. The molecule has 1 aliphatic heterocycles. The Morgan fingerprint density at radius 1 is 1.50 bits per heavy atom. The molecule has 96 valence electrons. The summed E-state index contributed by atoms with van der Waals surface area (Å²) in [4.78, 5) is 4.47. The summed E-state index contributed by atoms with van der Waals surface area (Å²) in [7, 11) is 2.01. The highest BCUT2D eigenvalue weighted by molar-refractivity contribution is 5.79. The van der Waals surface area contributed by atoms with E-state index < -0.39 is 0 Å². The summed E-state index contributed by atoms with van der Waals surface area (Å²) in [6, 6.07) is 2.70. The second kappa shape index (κ2) is 4.57. The molecule has 5 nitrogen and oxygen atoms in total. The Hall–Kier alpha value is -1.62. The zero-order valence-corrected chi connectivity index (χ0v) is 11.0.